The summed E-state index contributed by atoms with van der Waals surface area (Å²) in [4.78, 5) is 0.248. The van der Waals surface area contributed by atoms with E-state index in [9.17, 15) is 8.42 Å². The van der Waals surface area contributed by atoms with Gasteiger partial charge in [0.15, 0.2) is 0 Å². The van der Waals surface area contributed by atoms with E-state index in [0.29, 0.717) is 5.75 Å². The summed E-state index contributed by atoms with van der Waals surface area (Å²) >= 11 is 0. The van der Waals surface area contributed by atoms with Crippen LogP contribution in [0.1, 0.15) is 25.8 Å². The summed E-state index contributed by atoms with van der Waals surface area (Å²) in [6.07, 6.45) is 3.72. The normalized spacial score (nSPS) is 13.0. The van der Waals surface area contributed by atoms with E-state index in [1.165, 1.54) is 16.5 Å². The van der Waals surface area contributed by atoms with Gasteiger partial charge in [0.1, 0.15) is 5.75 Å². The molecular weight excluding hydrogens is 360 g/mol. The summed E-state index contributed by atoms with van der Waals surface area (Å²) < 4.78 is 35.2. The molecule has 2 aromatic carbocycles. The number of benzene rings is 2. The van der Waals surface area contributed by atoms with Gasteiger partial charge in [-0.25, -0.2) is 13.1 Å². The molecule has 27 heavy (non-hydrogen) atoms. The Kier molecular flexibility index (Phi) is 5.87. The van der Waals surface area contributed by atoms with Gasteiger partial charge in [-0.05, 0) is 62.6 Å². The van der Waals surface area contributed by atoms with Gasteiger partial charge in [-0.15, -0.1) is 0 Å². The van der Waals surface area contributed by atoms with E-state index >= 15 is 0 Å². The highest BCUT2D eigenvalue weighted by molar-refractivity contribution is 7.89. The van der Waals surface area contributed by atoms with Gasteiger partial charge in [-0.3, -0.25) is 0 Å². The molecule has 0 amide bonds. The first-order valence-corrected chi connectivity index (χ1v) is 10.7. The maximum Gasteiger partial charge on any atom is 0.240 e. The predicted molar refractivity (Wildman–Crippen MR) is 109 cm³/mol. The molecule has 0 radical (unpaired) electrons. The van der Waals surface area contributed by atoms with Gasteiger partial charge in [0.05, 0.1) is 12.0 Å². The molecule has 0 unspecified atom stereocenters. The largest absolute Gasteiger partial charge is 0.497 e. The lowest BCUT2D eigenvalue weighted by Gasteiger charge is -2.14. The first-order chi connectivity index (χ1) is 12.9. The molecule has 0 saturated heterocycles. The number of para-hydroxylation sites is 1. The lowest BCUT2D eigenvalue weighted by atomic mass is 10.1. The Morgan fingerprint density at radius 3 is 2.48 bits per heavy atom. The number of nitrogens with zero attached hydrogens (tertiary/aromatic N) is 1. The fourth-order valence-electron chi connectivity index (χ4n) is 3.30. The van der Waals surface area contributed by atoms with Crippen LogP contribution in [-0.4, -0.2) is 26.1 Å². The summed E-state index contributed by atoms with van der Waals surface area (Å²) in [5.41, 5.74) is 2.48. The quantitative estimate of drug-likeness (QED) is 0.637. The molecule has 0 aliphatic carbocycles. The van der Waals surface area contributed by atoms with Gasteiger partial charge < -0.3 is 9.30 Å². The van der Waals surface area contributed by atoms with E-state index in [2.05, 4.69) is 34.5 Å². The van der Waals surface area contributed by atoms with Crippen molar-refractivity contribution in [2.75, 3.05) is 7.11 Å². The molecule has 3 rings (SSSR count). The maximum absolute atomic E-state index is 12.6. The van der Waals surface area contributed by atoms with Gasteiger partial charge >= 0.3 is 0 Å². The topological polar surface area (TPSA) is 60.3 Å². The van der Waals surface area contributed by atoms with Crippen LogP contribution in [0.15, 0.2) is 59.6 Å². The molecule has 1 aromatic heterocycles. The van der Waals surface area contributed by atoms with Gasteiger partial charge in [0.25, 0.3) is 0 Å². The molecule has 144 valence electrons. The van der Waals surface area contributed by atoms with Crippen LogP contribution >= 0.6 is 0 Å². The van der Waals surface area contributed by atoms with Gasteiger partial charge in [-0.1, -0.05) is 18.2 Å². The number of hydrogen-bond donors (Lipinski definition) is 1. The number of fused-ring (bicyclic) bond motifs is 1. The molecule has 1 N–H and O–H groups in total. The van der Waals surface area contributed by atoms with E-state index in [4.69, 9.17) is 4.74 Å². The van der Waals surface area contributed by atoms with Crippen molar-refractivity contribution >= 4 is 20.9 Å². The molecule has 0 spiro atoms. The third-order valence-electron chi connectivity index (χ3n) is 4.78. The van der Waals surface area contributed by atoms with E-state index in [-0.39, 0.29) is 10.9 Å². The van der Waals surface area contributed by atoms with Crippen LogP contribution in [0.4, 0.5) is 0 Å². The van der Waals surface area contributed by atoms with Crippen LogP contribution in [0.25, 0.3) is 10.9 Å². The Labute approximate surface area is 161 Å². The van der Waals surface area contributed by atoms with E-state index in [1.54, 1.807) is 31.4 Å². The van der Waals surface area contributed by atoms with Crippen LogP contribution in [0, 0.1) is 0 Å². The van der Waals surface area contributed by atoms with Crippen molar-refractivity contribution in [2.45, 2.75) is 44.2 Å². The molecule has 0 aliphatic rings. The molecular formula is C21H26N2O3S. The van der Waals surface area contributed by atoms with Gasteiger partial charge in [-0.2, -0.15) is 0 Å². The number of aromatic nitrogens is 1. The van der Waals surface area contributed by atoms with Crippen LogP contribution < -0.4 is 9.46 Å². The number of sulfonamides is 1. The number of aryl methyl sites for hydroxylation is 2. The molecule has 0 fully saturated rings. The fraction of sp³-hybridized carbons (Fsp3) is 0.333. The van der Waals surface area contributed by atoms with Crippen molar-refractivity contribution in [3.05, 3.63) is 60.3 Å². The van der Waals surface area contributed by atoms with Crippen molar-refractivity contribution in [3.8, 4) is 5.75 Å². The summed E-state index contributed by atoms with van der Waals surface area (Å²) in [6.45, 7) is 4.95. The first kappa shape index (κ1) is 19.5. The minimum Gasteiger partial charge on any atom is -0.497 e. The van der Waals surface area contributed by atoms with E-state index in [0.717, 1.165) is 19.4 Å². The van der Waals surface area contributed by atoms with Crippen LogP contribution in [0.5, 0.6) is 5.75 Å². The van der Waals surface area contributed by atoms with E-state index < -0.39 is 10.0 Å². The highest BCUT2D eigenvalue weighted by atomic mass is 32.2. The van der Waals surface area contributed by atoms with Crippen molar-refractivity contribution in [1.29, 1.82) is 0 Å². The smallest absolute Gasteiger partial charge is 0.240 e. The standard InChI is InChI=1S/C21H26N2O3S/c1-4-23-15-17(20-7-5-6-8-21(20)23)10-9-16(2)22-27(24,25)19-13-11-18(26-3)12-14-19/h5-8,11-16,22H,4,9-10H2,1-3H3/t16-/m1/s1. The molecule has 1 atom stereocenters. The number of rotatable bonds is 8. The molecule has 0 saturated carbocycles. The summed E-state index contributed by atoms with van der Waals surface area (Å²) in [5.74, 6) is 0.634. The second kappa shape index (κ2) is 8.15. The second-order valence-corrected chi connectivity index (χ2v) is 8.41. The highest BCUT2D eigenvalue weighted by Crippen LogP contribution is 2.23. The number of methoxy groups -OCH3 is 1. The van der Waals surface area contributed by atoms with Crippen LogP contribution in [0.3, 0.4) is 0 Å². The zero-order chi connectivity index (χ0) is 19.4. The third kappa shape index (κ3) is 4.34. The van der Waals surface area contributed by atoms with Gasteiger partial charge in [0.2, 0.25) is 10.0 Å². The Hall–Kier alpha value is -2.31. The third-order valence-corrected chi connectivity index (χ3v) is 6.39. The number of ether oxygens (including phenoxy) is 1. The summed E-state index contributed by atoms with van der Waals surface area (Å²) in [7, 11) is -1.99. The zero-order valence-corrected chi connectivity index (χ0v) is 16.8. The molecule has 0 bridgehead atoms. The Balaban J connectivity index is 1.68. The Morgan fingerprint density at radius 2 is 1.81 bits per heavy atom. The lowest BCUT2D eigenvalue weighted by molar-refractivity contribution is 0.414. The molecule has 0 aliphatic heterocycles. The fourth-order valence-corrected chi connectivity index (χ4v) is 4.58. The van der Waals surface area contributed by atoms with E-state index in [1.807, 2.05) is 19.1 Å². The number of hydrogen-bond acceptors (Lipinski definition) is 3. The van der Waals surface area contributed by atoms with Crippen molar-refractivity contribution in [1.82, 2.24) is 9.29 Å². The predicted octanol–water partition coefficient (Wildman–Crippen LogP) is 3.97. The SMILES string of the molecule is CCn1cc(CC[C@@H](C)NS(=O)(=O)c2ccc(OC)cc2)c2ccccc21. The summed E-state index contributed by atoms with van der Waals surface area (Å²) in [5, 5.41) is 1.24. The maximum atomic E-state index is 12.6. The Morgan fingerprint density at radius 1 is 1.11 bits per heavy atom. The monoisotopic (exact) mass is 386 g/mol. The molecule has 6 heteroatoms. The molecule has 1 heterocycles. The average molecular weight is 387 g/mol. The average Bonchev–Trinajstić information content (AvgIpc) is 3.04. The molecule has 3 aromatic rings. The number of nitrogens with one attached hydrogen (secondary N) is 1. The van der Waals surface area contributed by atoms with Crippen LogP contribution in [-0.2, 0) is 23.0 Å². The Bertz CT molecular complexity index is 1010. The zero-order valence-electron chi connectivity index (χ0n) is 16.0. The van der Waals surface area contributed by atoms with Crippen molar-refractivity contribution in [3.63, 3.8) is 0 Å². The molecule has 5 nitrogen and oxygen atoms in total. The highest BCUT2D eigenvalue weighted by Gasteiger charge is 2.18. The first-order valence-electron chi connectivity index (χ1n) is 9.17. The summed E-state index contributed by atoms with van der Waals surface area (Å²) in [6, 6.07) is 14.6. The van der Waals surface area contributed by atoms with Crippen LogP contribution in [0.2, 0.25) is 0 Å². The lowest BCUT2D eigenvalue weighted by Crippen LogP contribution is -2.32. The minimum atomic E-state index is -3.54. The van der Waals surface area contributed by atoms with Gasteiger partial charge in [0, 0.05) is 29.7 Å². The second-order valence-electron chi connectivity index (χ2n) is 6.69. The van der Waals surface area contributed by atoms with Crippen molar-refractivity contribution in [2.24, 2.45) is 0 Å². The minimum absolute atomic E-state index is 0.166. The van der Waals surface area contributed by atoms with Crippen molar-refractivity contribution < 1.29 is 13.2 Å².